The van der Waals surface area contributed by atoms with Gasteiger partial charge < -0.3 is 15.6 Å². The molecule has 0 aliphatic carbocycles. The van der Waals surface area contributed by atoms with Crippen LogP contribution in [0.15, 0.2) is 18.2 Å². The van der Waals surface area contributed by atoms with Crippen LogP contribution < -0.4 is 10.5 Å². The Bertz CT molecular complexity index is 323. The third-order valence-electron chi connectivity index (χ3n) is 2.48. The maximum Gasteiger partial charge on any atom is 0.119 e. The van der Waals surface area contributed by atoms with Crippen LogP contribution in [0.2, 0.25) is 0 Å². The van der Waals surface area contributed by atoms with Crippen molar-refractivity contribution in [1.82, 2.24) is 0 Å². The maximum atomic E-state index is 9.02. The third-order valence-corrected chi connectivity index (χ3v) is 2.48. The van der Waals surface area contributed by atoms with Crippen LogP contribution in [-0.4, -0.2) is 18.8 Å². The molecule has 3 nitrogen and oxygen atoms in total. The van der Waals surface area contributed by atoms with E-state index in [1.165, 1.54) is 5.56 Å². The lowest BCUT2D eigenvalue weighted by molar-refractivity contribution is 0.267. The Morgan fingerprint density at radius 1 is 1.27 bits per heavy atom. The molecule has 3 N–H and O–H groups in total. The number of aliphatic hydroxyl groups excluding tert-OH is 1. The molecule has 0 aromatic heterocycles. The van der Waals surface area contributed by atoms with Crippen LogP contribution in [0.3, 0.4) is 0 Å². The fourth-order valence-electron chi connectivity index (χ4n) is 1.42. The summed E-state index contributed by atoms with van der Waals surface area (Å²) in [5.41, 5.74) is 7.87. The quantitative estimate of drug-likeness (QED) is 0.795. The molecule has 1 rings (SSSR count). The van der Waals surface area contributed by atoms with E-state index < -0.39 is 0 Å². The fraction of sp³-hybridized carbons (Fsp3) is 0.500. The van der Waals surface area contributed by atoms with Gasteiger partial charge in [0.05, 0.1) is 19.8 Å². The van der Waals surface area contributed by atoms with Gasteiger partial charge in [-0.2, -0.15) is 0 Å². The van der Waals surface area contributed by atoms with Gasteiger partial charge >= 0.3 is 0 Å². The Morgan fingerprint density at radius 2 is 1.87 bits per heavy atom. The van der Waals surface area contributed by atoms with Crippen LogP contribution in [0.1, 0.15) is 36.9 Å². The molecule has 1 unspecified atom stereocenters. The molecule has 0 aliphatic rings. The van der Waals surface area contributed by atoms with Crippen LogP contribution in [0.5, 0.6) is 5.75 Å². The van der Waals surface area contributed by atoms with Gasteiger partial charge in [-0.05, 0) is 29.2 Å². The molecule has 15 heavy (non-hydrogen) atoms. The number of hydrogen-bond donors (Lipinski definition) is 2. The van der Waals surface area contributed by atoms with Gasteiger partial charge in [0.2, 0.25) is 0 Å². The molecule has 1 atom stereocenters. The number of ether oxygens (including phenoxy) is 1. The van der Waals surface area contributed by atoms with Crippen molar-refractivity contribution in [2.75, 3.05) is 13.7 Å². The number of nitrogens with two attached hydrogens (primary N) is 1. The second-order valence-electron chi connectivity index (χ2n) is 3.98. The van der Waals surface area contributed by atoms with Gasteiger partial charge in [-0.25, -0.2) is 0 Å². The summed E-state index contributed by atoms with van der Waals surface area (Å²) in [5.74, 6) is 1.21. The zero-order chi connectivity index (χ0) is 11.4. The summed E-state index contributed by atoms with van der Waals surface area (Å²) in [7, 11) is 1.63. The molecule has 0 saturated heterocycles. The molecule has 0 bridgehead atoms. The second-order valence-corrected chi connectivity index (χ2v) is 3.98. The van der Waals surface area contributed by atoms with E-state index in [1.54, 1.807) is 7.11 Å². The van der Waals surface area contributed by atoms with Gasteiger partial charge in [-0.3, -0.25) is 0 Å². The van der Waals surface area contributed by atoms with Crippen molar-refractivity contribution in [3.8, 4) is 5.75 Å². The van der Waals surface area contributed by atoms with Crippen LogP contribution in [-0.2, 0) is 0 Å². The Hall–Kier alpha value is -1.06. The Morgan fingerprint density at radius 3 is 2.33 bits per heavy atom. The number of rotatable bonds is 4. The lowest BCUT2D eigenvalue weighted by Gasteiger charge is -2.14. The number of benzene rings is 1. The van der Waals surface area contributed by atoms with Gasteiger partial charge in [-0.1, -0.05) is 19.9 Å². The Labute approximate surface area is 90.9 Å². The smallest absolute Gasteiger partial charge is 0.119 e. The Kier molecular flexibility index (Phi) is 4.12. The number of hydrogen-bond acceptors (Lipinski definition) is 3. The summed E-state index contributed by atoms with van der Waals surface area (Å²) in [6.07, 6.45) is 0. The van der Waals surface area contributed by atoms with E-state index in [9.17, 15) is 0 Å². The molecule has 3 heteroatoms. The molecule has 0 fully saturated rings. The summed E-state index contributed by atoms with van der Waals surface area (Å²) in [6.45, 7) is 4.18. The molecule has 0 amide bonds. The first-order chi connectivity index (χ1) is 7.08. The van der Waals surface area contributed by atoms with Crippen molar-refractivity contribution in [2.24, 2.45) is 5.73 Å². The van der Waals surface area contributed by atoms with Crippen LogP contribution >= 0.6 is 0 Å². The van der Waals surface area contributed by atoms with Crippen molar-refractivity contribution in [3.63, 3.8) is 0 Å². The molecule has 1 aromatic carbocycles. The van der Waals surface area contributed by atoms with Crippen molar-refractivity contribution in [2.45, 2.75) is 25.8 Å². The molecule has 1 aromatic rings. The molecule has 0 spiro atoms. The summed E-state index contributed by atoms with van der Waals surface area (Å²) >= 11 is 0. The molecular weight excluding hydrogens is 190 g/mol. The van der Waals surface area contributed by atoms with E-state index in [4.69, 9.17) is 15.6 Å². The highest BCUT2D eigenvalue weighted by Crippen LogP contribution is 2.25. The second kappa shape index (κ2) is 5.14. The fourth-order valence-corrected chi connectivity index (χ4v) is 1.42. The zero-order valence-electron chi connectivity index (χ0n) is 9.53. The van der Waals surface area contributed by atoms with Crippen LogP contribution in [0.4, 0.5) is 0 Å². The topological polar surface area (TPSA) is 55.5 Å². The Balaban J connectivity index is 3.11. The average molecular weight is 209 g/mol. The van der Waals surface area contributed by atoms with Crippen molar-refractivity contribution in [3.05, 3.63) is 29.3 Å². The predicted octanol–water partition coefficient (Wildman–Crippen LogP) is 1.81. The van der Waals surface area contributed by atoms with Crippen LogP contribution in [0.25, 0.3) is 0 Å². The lowest BCUT2D eigenvalue weighted by atomic mass is 9.97. The molecule has 0 radical (unpaired) electrons. The van der Waals surface area contributed by atoms with Gasteiger partial charge in [0.25, 0.3) is 0 Å². The van der Waals surface area contributed by atoms with E-state index in [1.807, 2.05) is 18.2 Å². The van der Waals surface area contributed by atoms with E-state index in [0.29, 0.717) is 5.92 Å². The molecular formula is C12H19NO2. The monoisotopic (exact) mass is 209 g/mol. The molecule has 0 heterocycles. The predicted molar refractivity (Wildman–Crippen MR) is 61.1 cm³/mol. The largest absolute Gasteiger partial charge is 0.497 e. The summed E-state index contributed by atoms with van der Waals surface area (Å²) < 4.78 is 5.20. The standard InChI is InChI=1S/C12H19NO2/c1-8(2)9-4-10(12(13)7-14)6-11(5-9)15-3/h4-6,8,12,14H,7,13H2,1-3H3. The minimum Gasteiger partial charge on any atom is -0.497 e. The minimum absolute atomic E-state index is 0.0509. The number of methoxy groups -OCH3 is 1. The summed E-state index contributed by atoms with van der Waals surface area (Å²) in [4.78, 5) is 0. The molecule has 0 saturated carbocycles. The summed E-state index contributed by atoms with van der Waals surface area (Å²) in [5, 5.41) is 9.02. The molecule has 84 valence electrons. The van der Waals surface area contributed by atoms with Crippen molar-refractivity contribution < 1.29 is 9.84 Å². The normalized spacial score (nSPS) is 12.9. The number of aliphatic hydroxyl groups is 1. The van der Waals surface area contributed by atoms with E-state index in [-0.39, 0.29) is 12.6 Å². The molecule has 0 aliphatic heterocycles. The third kappa shape index (κ3) is 2.94. The highest BCUT2D eigenvalue weighted by molar-refractivity contribution is 5.37. The van der Waals surface area contributed by atoms with E-state index >= 15 is 0 Å². The van der Waals surface area contributed by atoms with E-state index in [0.717, 1.165) is 11.3 Å². The first-order valence-corrected chi connectivity index (χ1v) is 5.13. The van der Waals surface area contributed by atoms with Gasteiger partial charge in [-0.15, -0.1) is 0 Å². The maximum absolute atomic E-state index is 9.02. The van der Waals surface area contributed by atoms with E-state index in [2.05, 4.69) is 13.8 Å². The lowest BCUT2D eigenvalue weighted by Crippen LogP contribution is -2.15. The van der Waals surface area contributed by atoms with Gasteiger partial charge in [0.1, 0.15) is 5.75 Å². The van der Waals surface area contributed by atoms with Gasteiger partial charge in [0.15, 0.2) is 0 Å². The summed E-state index contributed by atoms with van der Waals surface area (Å²) in [6, 6.07) is 5.55. The minimum atomic E-state index is -0.336. The SMILES string of the molecule is COc1cc(C(C)C)cc(C(N)CO)c1. The zero-order valence-corrected chi connectivity index (χ0v) is 9.53. The average Bonchev–Trinajstić information content (AvgIpc) is 2.27. The first kappa shape index (κ1) is 12.0. The van der Waals surface area contributed by atoms with Crippen molar-refractivity contribution in [1.29, 1.82) is 0 Å². The van der Waals surface area contributed by atoms with Crippen LogP contribution in [0, 0.1) is 0 Å². The van der Waals surface area contributed by atoms with Gasteiger partial charge in [0, 0.05) is 0 Å². The highest BCUT2D eigenvalue weighted by Gasteiger charge is 2.09. The first-order valence-electron chi connectivity index (χ1n) is 5.13. The highest BCUT2D eigenvalue weighted by atomic mass is 16.5. The van der Waals surface area contributed by atoms with Crippen molar-refractivity contribution >= 4 is 0 Å².